The van der Waals surface area contributed by atoms with Crippen molar-refractivity contribution in [3.63, 3.8) is 0 Å². The molecule has 0 saturated carbocycles. The smallest absolute Gasteiger partial charge is 0.293 e. The maximum atomic E-state index is 9.79. The highest BCUT2D eigenvalue weighted by atomic mass is 127. The molecule has 0 aliphatic rings. The van der Waals surface area contributed by atoms with Crippen molar-refractivity contribution in [2.24, 2.45) is 0 Å². The van der Waals surface area contributed by atoms with E-state index in [1.54, 1.807) is 22.6 Å². The van der Waals surface area contributed by atoms with Gasteiger partial charge in [-0.3, -0.25) is 4.79 Å². The van der Waals surface area contributed by atoms with Crippen LogP contribution in [0.4, 0.5) is 4.79 Å². The summed E-state index contributed by atoms with van der Waals surface area (Å²) >= 11 is 3.78. The Labute approximate surface area is 58.1 Å². The number of hydrogen-bond acceptors (Lipinski definition) is 1. The quantitative estimate of drug-likeness (QED) is 0.405. The lowest BCUT2D eigenvalue weighted by Gasteiger charge is -1.63. The van der Waals surface area contributed by atoms with Gasteiger partial charge < -0.3 is 0 Å². The van der Waals surface area contributed by atoms with Gasteiger partial charge >= 0.3 is 0 Å². The van der Waals surface area contributed by atoms with Crippen molar-refractivity contribution >= 4 is 53.8 Å². The Kier molecular flexibility index (Phi) is 4.20. The van der Waals surface area contributed by atoms with Crippen LogP contribution in [0.1, 0.15) is 0 Å². The minimum Gasteiger partial charge on any atom is -0.299 e. The zero-order valence-electron chi connectivity index (χ0n) is 2.37. The average molecular weight is 294 g/mol. The molecule has 0 aromatic heterocycles. The highest BCUT2D eigenvalue weighted by Gasteiger charge is 1.86. The van der Waals surface area contributed by atoms with Crippen molar-refractivity contribution in [3.05, 3.63) is 0 Å². The summed E-state index contributed by atoms with van der Waals surface area (Å²) < 4.78 is 0.211. The second-order valence-electron chi connectivity index (χ2n) is 0.489. The van der Waals surface area contributed by atoms with Gasteiger partial charge in [0, 0.05) is 0 Å². The molecule has 0 rings (SSSR count). The lowest BCUT2D eigenvalue weighted by Crippen LogP contribution is -1.81. The first-order valence-electron chi connectivity index (χ1n) is 1.01. The lowest BCUT2D eigenvalue weighted by molar-refractivity contribution is 0.277. The predicted molar refractivity (Wildman–Crippen MR) is 40.6 cm³/mol. The molecule has 0 N–H and O–H groups in total. The van der Waals surface area contributed by atoms with Gasteiger partial charge in [-0.2, -0.15) is 0 Å². The summed E-state index contributed by atoms with van der Waals surface area (Å²) in [4.78, 5) is 9.79. The van der Waals surface area contributed by atoms with Crippen LogP contribution in [0, 0.1) is 0 Å². The summed E-state index contributed by atoms with van der Waals surface area (Å²) in [6.45, 7) is 0. The van der Waals surface area contributed by atoms with E-state index in [1.165, 1.54) is 0 Å². The fourth-order valence-electron chi connectivity index (χ4n) is 0. The predicted octanol–water partition coefficient (Wildman–Crippen LogP) is 1.33. The van der Waals surface area contributed by atoms with Crippen LogP contribution in [0.3, 0.4) is 0 Å². The Morgan fingerprint density at radius 2 is 2.00 bits per heavy atom. The largest absolute Gasteiger partial charge is 0.299 e. The number of carbonyl (C=O) groups excluding carboxylic acids is 1. The van der Waals surface area contributed by atoms with Gasteiger partial charge in [0.25, 0.3) is 5.14 Å². The van der Waals surface area contributed by atoms with Gasteiger partial charge in [0.15, 0.2) is 3.69 Å². The highest BCUT2D eigenvalue weighted by Crippen LogP contribution is 1.88. The summed E-state index contributed by atoms with van der Waals surface area (Å²) in [5, 5.41) is 0.623. The first-order chi connectivity index (χ1) is 2.27. The fourth-order valence-corrected chi connectivity index (χ4v) is 0. The van der Waals surface area contributed by atoms with E-state index in [1.807, 2.05) is 22.4 Å². The zero-order valence-corrected chi connectivity index (χ0v) is 6.69. The molecule has 0 aliphatic carbocycles. The van der Waals surface area contributed by atoms with E-state index in [2.05, 4.69) is 0 Å². The summed E-state index contributed by atoms with van der Waals surface area (Å²) in [5.74, 6) is 0. The maximum absolute atomic E-state index is 9.79. The third-order valence-corrected chi connectivity index (χ3v) is 2.64. The van der Waals surface area contributed by atoms with Gasteiger partial charge in [-0.15, -0.1) is 22.4 Å². The van der Waals surface area contributed by atoms with E-state index >= 15 is 0 Å². The van der Waals surface area contributed by atoms with E-state index in [0.29, 0.717) is 5.14 Å². The summed E-state index contributed by atoms with van der Waals surface area (Å²) in [6, 6.07) is 0. The van der Waals surface area contributed by atoms with Crippen molar-refractivity contribution < 1.29 is 4.79 Å². The molecule has 1 nitrogen and oxygen atoms in total. The van der Waals surface area contributed by atoms with Crippen molar-refractivity contribution in [3.8, 4) is 0 Å². The van der Waals surface area contributed by atoms with Gasteiger partial charge in [0.1, 0.15) is 0 Å². The molecule has 5 heavy (non-hydrogen) atoms. The maximum Gasteiger partial charge on any atom is 0.293 e. The average Bonchev–Trinajstić information content (AvgIpc) is 1.38. The monoisotopic (exact) mass is 294 g/mol. The van der Waals surface area contributed by atoms with Crippen molar-refractivity contribution in [1.29, 1.82) is 0 Å². The molecule has 0 heterocycles. The van der Waals surface area contributed by atoms with Gasteiger partial charge in [-0.05, 0) is 22.6 Å². The minimum atomic E-state index is 0.211. The molecule has 0 fully saturated rings. The third kappa shape index (κ3) is 5.19. The van der Waals surface area contributed by atoms with Gasteiger partial charge in [-0.1, -0.05) is 0 Å². The lowest BCUT2D eigenvalue weighted by atomic mass is 10.2. The summed E-state index contributed by atoms with van der Waals surface area (Å²) in [6.07, 6.45) is 0. The van der Waals surface area contributed by atoms with Gasteiger partial charge in [0.2, 0.25) is 0 Å². The van der Waals surface area contributed by atoms with Crippen molar-refractivity contribution in [2.45, 2.75) is 0 Å². The van der Waals surface area contributed by atoms with Crippen molar-refractivity contribution in [2.75, 3.05) is 0 Å². The van der Waals surface area contributed by atoms with Crippen LogP contribution in [0.15, 0.2) is 0 Å². The molecule has 0 aromatic rings. The highest BCUT2D eigenvalue weighted by molar-refractivity contribution is 14.2. The molecule has 0 bridgehead atoms. The van der Waals surface area contributed by atoms with E-state index in [9.17, 15) is 4.79 Å². The van der Waals surface area contributed by atoms with E-state index in [0.717, 1.165) is 0 Å². The Balaban J connectivity index is 2.85. The van der Waals surface area contributed by atoms with Gasteiger partial charge in [0.05, 0.1) is 0 Å². The first kappa shape index (κ1) is 6.19. The molecule has 0 aliphatic heterocycles. The van der Waals surface area contributed by atoms with E-state index in [4.69, 9.17) is 0 Å². The number of carbonyl (C=O) groups is 1. The molecule has 0 spiro atoms. The molecule has 0 unspecified atom stereocenters. The normalized spacial score (nSPS) is 6.80. The molecular formula is CHBI2O. The number of halogens is 2. The number of rotatable bonds is 1. The third-order valence-electron chi connectivity index (χ3n) is 0.105. The molecule has 0 radical (unpaired) electrons. The summed E-state index contributed by atoms with van der Waals surface area (Å²) in [7, 11) is 0. The Hall–Kier alpha value is 1.19. The standard InChI is InChI=1S/CHBI2O/c3-1(5)2-4/h2H. The SMILES string of the molecule is O=C(I)BI. The minimum absolute atomic E-state index is 0.211. The van der Waals surface area contributed by atoms with Crippen LogP contribution in [0.2, 0.25) is 0 Å². The molecular weight excluding hydrogens is 293 g/mol. The Bertz CT molecular complexity index is 44.9. The Morgan fingerprint density at radius 1 is 1.80 bits per heavy atom. The zero-order chi connectivity index (χ0) is 4.28. The molecule has 0 aromatic carbocycles. The molecule has 28 valence electrons. The van der Waals surface area contributed by atoms with Crippen LogP contribution in [0.5, 0.6) is 0 Å². The summed E-state index contributed by atoms with van der Waals surface area (Å²) in [5.41, 5.74) is 0. The van der Waals surface area contributed by atoms with Crippen molar-refractivity contribution in [1.82, 2.24) is 0 Å². The Morgan fingerprint density at radius 3 is 2.00 bits per heavy atom. The van der Waals surface area contributed by atoms with Gasteiger partial charge in [-0.25, -0.2) is 0 Å². The van der Waals surface area contributed by atoms with Crippen LogP contribution in [-0.4, -0.2) is 8.83 Å². The molecule has 0 atom stereocenters. The molecule has 0 saturated heterocycles. The molecule has 0 amide bonds. The van der Waals surface area contributed by atoms with Crippen LogP contribution >= 0.6 is 45.0 Å². The fraction of sp³-hybridized carbons (Fsp3) is 0. The van der Waals surface area contributed by atoms with Crippen LogP contribution in [0.25, 0.3) is 0 Å². The number of hydrogen-bond donors (Lipinski definition) is 0. The first-order valence-corrected chi connectivity index (χ1v) is 3.62. The van der Waals surface area contributed by atoms with Crippen LogP contribution in [-0.2, 0) is 0 Å². The van der Waals surface area contributed by atoms with E-state index < -0.39 is 0 Å². The topological polar surface area (TPSA) is 17.1 Å². The molecule has 4 heteroatoms. The van der Waals surface area contributed by atoms with E-state index in [-0.39, 0.29) is 3.69 Å². The second kappa shape index (κ2) is 3.39. The van der Waals surface area contributed by atoms with Crippen LogP contribution < -0.4 is 0 Å². The second-order valence-corrected chi connectivity index (χ2v) is 2.45.